The number of halogens is 1. The van der Waals surface area contributed by atoms with E-state index in [0.717, 1.165) is 24.3 Å². The number of benzene rings is 1. The highest BCUT2D eigenvalue weighted by Crippen LogP contribution is 2.15. The number of Topliss-reactive ketones (excluding diaryl/α,β-unsaturated/α-hetero) is 1. The molecule has 0 saturated carbocycles. The lowest BCUT2D eigenvalue weighted by atomic mass is 10.1. The van der Waals surface area contributed by atoms with Crippen molar-refractivity contribution in [1.82, 2.24) is 0 Å². The van der Waals surface area contributed by atoms with Crippen molar-refractivity contribution in [3.8, 4) is 5.75 Å². The third kappa shape index (κ3) is 11.4. The summed E-state index contributed by atoms with van der Waals surface area (Å²) in [5.74, 6) is 0.960. The molecule has 0 aliphatic heterocycles. The molecule has 142 valence electrons. The fourth-order valence-corrected chi connectivity index (χ4v) is 3.27. The predicted molar refractivity (Wildman–Crippen MR) is 111 cm³/mol. The van der Waals surface area contributed by atoms with Crippen LogP contribution in [0, 0.1) is 0 Å². The smallest absolute Gasteiger partial charge is 0.173 e. The number of carbonyl (C=O) groups excluding carboxylic acids is 1. The molecule has 0 radical (unpaired) electrons. The number of carbonyl (C=O) groups is 1. The van der Waals surface area contributed by atoms with E-state index in [2.05, 4.69) is 22.9 Å². The molecule has 1 rings (SSSR count). The Hall–Kier alpha value is -0.830. The van der Waals surface area contributed by atoms with Gasteiger partial charge in [-0.1, -0.05) is 93.5 Å². The van der Waals surface area contributed by atoms with Crippen molar-refractivity contribution in [2.45, 2.75) is 84.0 Å². The summed E-state index contributed by atoms with van der Waals surface area (Å²) < 4.78 is 5.74. The molecule has 0 bridgehead atoms. The van der Waals surface area contributed by atoms with E-state index in [4.69, 9.17) is 4.74 Å². The van der Waals surface area contributed by atoms with Gasteiger partial charge in [0.2, 0.25) is 0 Å². The molecule has 2 nitrogen and oxygen atoms in total. The van der Waals surface area contributed by atoms with Crippen LogP contribution in [0.5, 0.6) is 5.75 Å². The highest BCUT2D eigenvalue weighted by Gasteiger charge is 2.03. The van der Waals surface area contributed by atoms with E-state index in [-0.39, 0.29) is 5.78 Å². The van der Waals surface area contributed by atoms with Crippen molar-refractivity contribution in [3.05, 3.63) is 29.8 Å². The SMILES string of the molecule is CCCCCCCCCCCCCCOc1ccc(C(=O)CBr)cc1. The largest absolute Gasteiger partial charge is 0.494 e. The molecule has 0 aliphatic carbocycles. The number of alkyl halides is 1. The first kappa shape index (κ1) is 22.2. The molecule has 0 aromatic heterocycles. The van der Waals surface area contributed by atoms with E-state index in [0.29, 0.717) is 5.33 Å². The first-order valence-electron chi connectivity index (χ1n) is 10.1. The van der Waals surface area contributed by atoms with Gasteiger partial charge >= 0.3 is 0 Å². The molecule has 0 aliphatic rings. The minimum Gasteiger partial charge on any atom is -0.494 e. The molecule has 0 unspecified atom stereocenters. The maximum atomic E-state index is 11.5. The Labute approximate surface area is 162 Å². The van der Waals surface area contributed by atoms with Gasteiger partial charge in [-0.2, -0.15) is 0 Å². The highest BCUT2D eigenvalue weighted by atomic mass is 79.9. The normalized spacial score (nSPS) is 10.8. The molecule has 0 fully saturated rings. The van der Waals surface area contributed by atoms with E-state index in [9.17, 15) is 4.79 Å². The first-order valence-corrected chi connectivity index (χ1v) is 11.2. The van der Waals surface area contributed by atoms with Gasteiger partial charge < -0.3 is 4.74 Å². The third-order valence-corrected chi connectivity index (χ3v) is 5.07. The number of rotatable bonds is 16. The topological polar surface area (TPSA) is 26.3 Å². The fraction of sp³-hybridized carbons (Fsp3) is 0.682. The number of hydrogen-bond acceptors (Lipinski definition) is 2. The molecule has 3 heteroatoms. The molecule has 1 aromatic carbocycles. The van der Waals surface area contributed by atoms with Gasteiger partial charge in [-0.3, -0.25) is 4.79 Å². The van der Waals surface area contributed by atoms with Crippen LogP contribution < -0.4 is 4.74 Å². The quantitative estimate of drug-likeness (QED) is 0.162. The van der Waals surface area contributed by atoms with Crippen molar-refractivity contribution < 1.29 is 9.53 Å². The Morgan fingerprint density at radius 3 is 1.76 bits per heavy atom. The second-order valence-electron chi connectivity index (χ2n) is 6.82. The van der Waals surface area contributed by atoms with Crippen molar-refractivity contribution in [2.24, 2.45) is 0 Å². The summed E-state index contributed by atoms with van der Waals surface area (Å²) in [5.41, 5.74) is 0.731. The number of ketones is 1. The molecule has 0 N–H and O–H groups in total. The fourth-order valence-electron chi connectivity index (χ4n) is 2.95. The van der Waals surface area contributed by atoms with Gasteiger partial charge in [-0.05, 0) is 30.7 Å². The van der Waals surface area contributed by atoms with E-state index in [1.54, 1.807) is 0 Å². The van der Waals surface area contributed by atoms with Gasteiger partial charge in [0.1, 0.15) is 5.75 Å². The molecule has 0 heterocycles. The lowest BCUT2D eigenvalue weighted by Gasteiger charge is -2.07. The first-order chi connectivity index (χ1) is 12.3. The number of unbranched alkanes of at least 4 members (excludes halogenated alkanes) is 11. The Morgan fingerprint density at radius 1 is 0.800 bits per heavy atom. The summed E-state index contributed by atoms with van der Waals surface area (Å²) in [6, 6.07) is 7.44. The van der Waals surface area contributed by atoms with Gasteiger partial charge in [0, 0.05) is 5.56 Å². The Bertz CT molecular complexity index is 442. The summed E-state index contributed by atoms with van der Waals surface area (Å²) in [7, 11) is 0. The van der Waals surface area contributed by atoms with Gasteiger partial charge in [-0.15, -0.1) is 0 Å². The van der Waals surface area contributed by atoms with E-state index in [1.165, 1.54) is 70.6 Å². The molecular weight excluding hydrogens is 376 g/mol. The lowest BCUT2D eigenvalue weighted by molar-refractivity contribution is 0.102. The zero-order chi connectivity index (χ0) is 18.2. The van der Waals surface area contributed by atoms with Gasteiger partial charge in [0.15, 0.2) is 5.78 Å². The zero-order valence-electron chi connectivity index (χ0n) is 15.9. The summed E-state index contributed by atoms with van der Waals surface area (Å²) >= 11 is 3.19. The van der Waals surface area contributed by atoms with Crippen LogP contribution in [0.3, 0.4) is 0 Å². The molecule has 0 saturated heterocycles. The number of hydrogen-bond donors (Lipinski definition) is 0. The Morgan fingerprint density at radius 2 is 1.28 bits per heavy atom. The van der Waals surface area contributed by atoms with Crippen LogP contribution in [-0.4, -0.2) is 17.7 Å². The van der Waals surface area contributed by atoms with Crippen molar-refractivity contribution >= 4 is 21.7 Å². The minimum absolute atomic E-state index is 0.104. The van der Waals surface area contributed by atoms with Crippen LogP contribution >= 0.6 is 15.9 Å². The van der Waals surface area contributed by atoms with Crippen LogP contribution in [-0.2, 0) is 0 Å². The Kier molecular flexibility index (Phi) is 13.7. The standard InChI is InChI=1S/C22H35BrO2/c1-2-3-4-5-6-7-8-9-10-11-12-13-18-25-21-16-14-20(15-17-21)22(24)19-23/h14-17H,2-13,18-19H2,1H3. The zero-order valence-corrected chi connectivity index (χ0v) is 17.5. The minimum atomic E-state index is 0.104. The summed E-state index contributed by atoms with van der Waals surface area (Å²) in [5, 5.41) is 0.367. The third-order valence-electron chi connectivity index (χ3n) is 4.56. The average molecular weight is 411 g/mol. The van der Waals surface area contributed by atoms with Crippen LogP contribution in [0.1, 0.15) is 94.3 Å². The van der Waals surface area contributed by atoms with Crippen molar-refractivity contribution in [1.29, 1.82) is 0 Å². The van der Waals surface area contributed by atoms with Crippen molar-refractivity contribution in [3.63, 3.8) is 0 Å². The monoisotopic (exact) mass is 410 g/mol. The van der Waals surface area contributed by atoms with Crippen LogP contribution in [0.15, 0.2) is 24.3 Å². The van der Waals surface area contributed by atoms with Crippen LogP contribution in [0.2, 0.25) is 0 Å². The Balaban J connectivity index is 1.91. The van der Waals surface area contributed by atoms with E-state index >= 15 is 0 Å². The van der Waals surface area contributed by atoms with Crippen molar-refractivity contribution in [2.75, 3.05) is 11.9 Å². The average Bonchev–Trinajstić information content (AvgIpc) is 2.65. The lowest BCUT2D eigenvalue weighted by Crippen LogP contribution is -2.01. The van der Waals surface area contributed by atoms with Crippen LogP contribution in [0.4, 0.5) is 0 Å². The molecule has 0 atom stereocenters. The van der Waals surface area contributed by atoms with E-state index in [1.807, 2.05) is 24.3 Å². The molecular formula is C22H35BrO2. The molecule has 0 spiro atoms. The van der Waals surface area contributed by atoms with Crippen LogP contribution in [0.25, 0.3) is 0 Å². The van der Waals surface area contributed by atoms with E-state index < -0.39 is 0 Å². The molecule has 0 amide bonds. The molecule has 1 aromatic rings. The molecule has 25 heavy (non-hydrogen) atoms. The second kappa shape index (κ2) is 15.4. The summed E-state index contributed by atoms with van der Waals surface area (Å²) in [4.78, 5) is 11.5. The summed E-state index contributed by atoms with van der Waals surface area (Å²) in [6.07, 6.45) is 16.3. The maximum Gasteiger partial charge on any atom is 0.173 e. The predicted octanol–water partition coefficient (Wildman–Crippen LogP) is 7.34. The van der Waals surface area contributed by atoms with Gasteiger partial charge in [-0.25, -0.2) is 0 Å². The van der Waals surface area contributed by atoms with Gasteiger partial charge in [0.05, 0.1) is 11.9 Å². The highest BCUT2D eigenvalue weighted by molar-refractivity contribution is 9.09. The maximum absolute atomic E-state index is 11.5. The second-order valence-corrected chi connectivity index (χ2v) is 7.38. The van der Waals surface area contributed by atoms with Gasteiger partial charge in [0.25, 0.3) is 0 Å². The summed E-state index contributed by atoms with van der Waals surface area (Å²) in [6.45, 7) is 3.04. The number of ether oxygens (including phenoxy) is 1.